The Morgan fingerprint density at radius 3 is 2.67 bits per heavy atom. The zero-order chi connectivity index (χ0) is 13.7. The van der Waals surface area contributed by atoms with Gasteiger partial charge >= 0.3 is 0 Å². The predicted molar refractivity (Wildman–Crippen MR) is 83.4 cm³/mol. The Balaban J connectivity index is 2.58. The van der Waals surface area contributed by atoms with E-state index in [1.807, 2.05) is 25.1 Å². The minimum Gasteiger partial charge on any atom is -0.351 e. The fourth-order valence-corrected chi connectivity index (χ4v) is 3.07. The molecule has 0 aliphatic heterocycles. The fourth-order valence-electron chi connectivity index (χ4n) is 1.72. The first-order valence-corrected chi connectivity index (χ1v) is 7.80. The smallest absolute Gasteiger partial charge is 0.252 e. The van der Waals surface area contributed by atoms with Crippen molar-refractivity contribution in [3.63, 3.8) is 0 Å². The van der Waals surface area contributed by atoms with Crippen molar-refractivity contribution in [3.05, 3.63) is 33.8 Å². The fraction of sp³-hybridized carbons (Fsp3) is 0.500. The Morgan fingerprint density at radius 2 is 2.06 bits per heavy atom. The average molecular weight is 377 g/mol. The molecule has 2 nitrogen and oxygen atoms in total. The van der Waals surface area contributed by atoms with E-state index in [-0.39, 0.29) is 5.91 Å². The summed E-state index contributed by atoms with van der Waals surface area (Å²) in [5.74, 6) is 0.593. The van der Waals surface area contributed by atoms with Gasteiger partial charge in [0.25, 0.3) is 5.91 Å². The standard InChI is InChI=1S/C14H19Br2NO/c1-9(2)7-11(15)8-17-14(18)12-6-4-5-10(3)13(12)16/h4-6,9,11H,7-8H2,1-3H3,(H,17,18). The summed E-state index contributed by atoms with van der Waals surface area (Å²) in [4.78, 5) is 12.4. The zero-order valence-electron chi connectivity index (χ0n) is 11.0. The minimum absolute atomic E-state index is 0.0289. The van der Waals surface area contributed by atoms with Crippen LogP contribution >= 0.6 is 31.9 Å². The first kappa shape index (κ1) is 15.7. The lowest BCUT2D eigenvalue weighted by atomic mass is 10.1. The van der Waals surface area contributed by atoms with Gasteiger partial charge in [0, 0.05) is 15.8 Å². The normalized spacial score (nSPS) is 12.6. The van der Waals surface area contributed by atoms with Crippen LogP contribution in [-0.4, -0.2) is 17.3 Å². The highest BCUT2D eigenvalue weighted by molar-refractivity contribution is 9.10. The third-order valence-corrected chi connectivity index (χ3v) is 4.40. The highest BCUT2D eigenvalue weighted by Crippen LogP contribution is 2.21. The molecule has 1 atom stereocenters. The molecule has 1 aromatic carbocycles. The van der Waals surface area contributed by atoms with Crippen LogP contribution in [0.3, 0.4) is 0 Å². The van der Waals surface area contributed by atoms with Crippen molar-refractivity contribution >= 4 is 37.8 Å². The van der Waals surface area contributed by atoms with Gasteiger partial charge in [-0.2, -0.15) is 0 Å². The summed E-state index contributed by atoms with van der Waals surface area (Å²) in [6.07, 6.45) is 1.05. The Labute approximate surface area is 126 Å². The highest BCUT2D eigenvalue weighted by atomic mass is 79.9. The molecule has 1 amide bonds. The monoisotopic (exact) mass is 375 g/mol. The molecule has 0 saturated heterocycles. The molecule has 100 valence electrons. The van der Waals surface area contributed by atoms with E-state index in [0.29, 0.717) is 22.9 Å². The molecule has 1 rings (SSSR count). The van der Waals surface area contributed by atoms with Crippen LogP contribution in [0.4, 0.5) is 0 Å². The molecule has 1 unspecified atom stereocenters. The Morgan fingerprint density at radius 1 is 1.39 bits per heavy atom. The van der Waals surface area contributed by atoms with Gasteiger partial charge in [-0.25, -0.2) is 0 Å². The molecule has 0 spiro atoms. The van der Waals surface area contributed by atoms with Crippen molar-refractivity contribution < 1.29 is 4.79 Å². The summed E-state index contributed by atoms with van der Waals surface area (Å²) < 4.78 is 0.873. The molecule has 0 aromatic heterocycles. The van der Waals surface area contributed by atoms with Crippen molar-refractivity contribution in [3.8, 4) is 0 Å². The SMILES string of the molecule is Cc1cccc(C(=O)NCC(Br)CC(C)C)c1Br. The van der Waals surface area contributed by atoms with Crippen LogP contribution in [0.1, 0.15) is 36.2 Å². The lowest BCUT2D eigenvalue weighted by Crippen LogP contribution is -2.30. The number of amides is 1. The van der Waals surface area contributed by atoms with E-state index < -0.39 is 0 Å². The highest BCUT2D eigenvalue weighted by Gasteiger charge is 2.13. The molecular formula is C14H19Br2NO. The topological polar surface area (TPSA) is 29.1 Å². The molecule has 4 heteroatoms. The summed E-state index contributed by atoms with van der Waals surface area (Å²) in [6.45, 7) is 6.98. The number of carbonyl (C=O) groups excluding carboxylic acids is 1. The third kappa shape index (κ3) is 4.73. The second kappa shape index (κ2) is 7.29. The van der Waals surface area contributed by atoms with Gasteiger partial charge in [-0.1, -0.05) is 41.9 Å². The summed E-state index contributed by atoms with van der Waals surface area (Å²) in [5, 5.41) is 2.96. The quantitative estimate of drug-likeness (QED) is 0.762. The first-order valence-electron chi connectivity index (χ1n) is 6.09. The largest absolute Gasteiger partial charge is 0.351 e. The van der Waals surface area contributed by atoms with Crippen LogP contribution in [0.25, 0.3) is 0 Å². The number of halogens is 2. The minimum atomic E-state index is -0.0289. The maximum absolute atomic E-state index is 12.0. The van der Waals surface area contributed by atoms with Crippen LogP contribution in [0.5, 0.6) is 0 Å². The van der Waals surface area contributed by atoms with Crippen LogP contribution in [-0.2, 0) is 0 Å². The second-order valence-corrected chi connectivity index (χ2v) is 6.96. The van der Waals surface area contributed by atoms with E-state index in [1.54, 1.807) is 0 Å². The van der Waals surface area contributed by atoms with E-state index >= 15 is 0 Å². The van der Waals surface area contributed by atoms with Gasteiger partial charge in [-0.15, -0.1) is 0 Å². The summed E-state index contributed by atoms with van der Waals surface area (Å²) in [6, 6.07) is 5.71. The van der Waals surface area contributed by atoms with E-state index in [0.717, 1.165) is 16.5 Å². The number of hydrogen-bond donors (Lipinski definition) is 1. The number of carbonyl (C=O) groups is 1. The van der Waals surface area contributed by atoms with Crippen LogP contribution in [0, 0.1) is 12.8 Å². The van der Waals surface area contributed by atoms with Gasteiger partial charge in [-0.3, -0.25) is 4.79 Å². The van der Waals surface area contributed by atoms with Crippen molar-refractivity contribution in [2.75, 3.05) is 6.54 Å². The van der Waals surface area contributed by atoms with Gasteiger partial charge in [0.15, 0.2) is 0 Å². The zero-order valence-corrected chi connectivity index (χ0v) is 14.1. The van der Waals surface area contributed by atoms with Crippen molar-refractivity contribution in [1.82, 2.24) is 5.32 Å². The lowest BCUT2D eigenvalue weighted by Gasteiger charge is -2.14. The first-order chi connectivity index (χ1) is 8.41. The Hall–Kier alpha value is -0.350. The van der Waals surface area contributed by atoms with Gasteiger partial charge in [0.2, 0.25) is 0 Å². The van der Waals surface area contributed by atoms with Crippen molar-refractivity contribution in [2.24, 2.45) is 5.92 Å². The summed E-state index contributed by atoms with van der Waals surface area (Å²) >= 11 is 7.04. The molecular weight excluding hydrogens is 358 g/mol. The Bertz CT molecular complexity index is 418. The van der Waals surface area contributed by atoms with E-state index in [2.05, 4.69) is 51.0 Å². The molecule has 0 bridgehead atoms. The molecule has 0 heterocycles. The number of nitrogens with one attached hydrogen (secondary N) is 1. The number of alkyl halides is 1. The van der Waals surface area contributed by atoms with Gasteiger partial charge < -0.3 is 5.32 Å². The van der Waals surface area contributed by atoms with E-state index in [9.17, 15) is 4.79 Å². The molecule has 0 aliphatic carbocycles. The van der Waals surface area contributed by atoms with E-state index in [4.69, 9.17) is 0 Å². The molecule has 0 saturated carbocycles. The van der Waals surface area contributed by atoms with Gasteiger partial charge in [0.05, 0.1) is 5.56 Å². The Kier molecular flexibility index (Phi) is 6.36. The molecule has 0 radical (unpaired) electrons. The van der Waals surface area contributed by atoms with Crippen molar-refractivity contribution in [1.29, 1.82) is 0 Å². The van der Waals surface area contributed by atoms with Gasteiger partial charge in [0.1, 0.15) is 0 Å². The molecule has 0 aliphatic rings. The molecule has 1 N–H and O–H groups in total. The summed E-state index contributed by atoms with van der Waals surface area (Å²) in [7, 11) is 0. The number of aryl methyl sites for hydroxylation is 1. The number of rotatable bonds is 5. The molecule has 18 heavy (non-hydrogen) atoms. The van der Waals surface area contributed by atoms with Crippen molar-refractivity contribution in [2.45, 2.75) is 32.0 Å². The van der Waals surface area contributed by atoms with Gasteiger partial charge in [-0.05, 0) is 46.8 Å². The van der Waals surface area contributed by atoms with Crippen LogP contribution in [0.2, 0.25) is 0 Å². The molecule has 0 fully saturated rings. The van der Waals surface area contributed by atoms with Crippen LogP contribution < -0.4 is 5.32 Å². The number of benzene rings is 1. The third-order valence-electron chi connectivity index (χ3n) is 2.65. The molecule has 1 aromatic rings. The van der Waals surface area contributed by atoms with Crippen LogP contribution in [0.15, 0.2) is 22.7 Å². The maximum atomic E-state index is 12.0. The maximum Gasteiger partial charge on any atom is 0.252 e. The van der Waals surface area contributed by atoms with E-state index in [1.165, 1.54) is 0 Å². The summed E-state index contributed by atoms with van der Waals surface area (Å²) in [5.41, 5.74) is 1.76. The second-order valence-electron chi connectivity index (χ2n) is 4.87. The number of hydrogen-bond acceptors (Lipinski definition) is 1. The lowest BCUT2D eigenvalue weighted by molar-refractivity contribution is 0.0952. The predicted octanol–water partition coefficient (Wildman–Crippen LogP) is 4.30. The average Bonchev–Trinajstić information content (AvgIpc) is 2.29.